The summed E-state index contributed by atoms with van der Waals surface area (Å²) in [5, 5.41) is 0. The van der Waals surface area contributed by atoms with Gasteiger partial charge in [-0.2, -0.15) is 0 Å². The van der Waals surface area contributed by atoms with Crippen molar-refractivity contribution in [2.75, 3.05) is 21.3 Å². The summed E-state index contributed by atoms with van der Waals surface area (Å²) in [7, 11) is 4.72. The molecular formula is C16H27NO4. The molecule has 2 unspecified atom stereocenters. The lowest BCUT2D eigenvalue weighted by Gasteiger charge is -2.34. The van der Waals surface area contributed by atoms with Crippen LogP contribution >= 0.6 is 0 Å². The van der Waals surface area contributed by atoms with Gasteiger partial charge in [-0.15, -0.1) is 0 Å². The highest BCUT2D eigenvalue weighted by Crippen LogP contribution is 2.41. The third-order valence-electron chi connectivity index (χ3n) is 3.23. The van der Waals surface area contributed by atoms with Crippen LogP contribution in [0.3, 0.4) is 0 Å². The number of rotatable bonds is 6. The summed E-state index contributed by atoms with van der Waals surface area (Å²) in [4.78, 5) is 0. The first-order valence-electron chi connectivity index (χ1n) is 6.96. The lowest BCUT2D eigenvalue weighted by molar-refractivity contribution is 0.0679. The molecule has 0 aliphatic heterocycles. The van der Waals surface area contributed by atoms with E-state index in [1.807, 2.05) is 6.92 Å². The zero-order valence-corrected chi connectivity index (χ0v) is 14.0. The Morgan fingerprint density at radius 2 is 1.43 bits per heavy atom. The average Bonchev–Trinajstić information content (AvgIpc) is 2.41. The molecule has 1 rings (SSSR count). The highest BCUT2D eigenvalue weighted by Gasteiger charge is 2.30. The van der Waals surface area contributed by atoms with Crippen molar-refractivity contribution in [2.24, 2.45) is 11.1 Å². The molecule has 0 heterocycles. The van der Waals surface area contributed by atoms with Crippen LogP contribution in [0.5, 0.6) is 23.0 Å². The van der Waals surface area contributed by atoms with Crippen molar-refractivity contribution >= 4 is 0 Å². The molecule has 0 saturated carbocycles. The SMILES string of the molecule is COc1cc(OC(C(C)N)C(C)(C)C)cc(OC)c1OC. The maximum atomic E-state index is 6.08. The normalized spacial score (nSPS) is 14.3. The molecular weight excluding hydrogens is 270 g/mol. The van der Waals surface area contributed by atoms with Gasteiger partial charge in [-0.25, -0.2) is 0 Å². The van der Waals surface area contributed by atoms with Crippen molar-refractivity contribution in [3.05, 3.63) is 12.1 Å². The number of hydrogen-bond donors (Lipinski definition) is 1. The van der Waals surface area contributed by atoms with Gasteiger partial charge in [-0.1, -0.05) is 20.8 Å². The Morgan fingerprint density at radius 1 is 0.952 bits per heavy atom. The van der Waals surface area contributed by atoms with E-state index in [-0.39, 0.29) is 17.6 Å². The van der Waals surface area contributed by atoms with E-state index >= 15 is 0 Å². The van der Waals surface area contributed by atoms with Crippen LogP contribution in [0, 0.1) is 5.41 Å². The zero-order chi connectivity index (χ0) is 16.2. The molecule has 0 fully saturated rings. The first-order valence-corrected chi connectivity index (χ1v) is 6.96. The number of ether oxygens (including phenoxy) is 4. The molecule has 0 saturated heterocycles. The predicted octanol–water partition coefficient (Wildman–Crippen LogP) is 2.85. The number of hydrogen-bond acceptors (Lipinski definition) is 5. The Hall–Kier alpha value is -1.62. The van der Waals surface area contributed by atoms with Gasteiger partial charge < -0.3 is 24.7 Å². The Bertz CT molecular complexity index is 441. The van der Waals surface area contributed by atoms with Gasteiger partial charge in [-0.3, -0.25) is 0 Å². The molecule has 0 aromatic heterocycles. The smallest absolute Gasteiger partial charge is 0.203 e. The molecule has 0 radical (unpaired) electrons. The summed E-state index contributed by atoms with van der Waals surface area (Å²) in [5.41, 5.74) is 5.97. The molecule has 1 aromatic carbocycles. The molecule has 1 aromatic rings. The third-order valence-corrected chi connectivity index (χ3v) is 3.23. The summed E-state index contributed by atoms with van der Waals surface area (Å²) in [6.07, 6.45) is -0.139. The van der Waals surface area contributed by atoms with Crippen molar-refractivity contribution in [2.45, 2.75) is 39.8 Å². The molecule has 0 bridgehead atoms. The minimum atomic E-state index is -0.139. The van der Waals surface area contributed by atoms with E-state index in [1.54, 1.807) is 33.5 Å². The number of nitrogens with two attached hydrogens (primary N) is 1. The highest BCUT2D eigenvalue weighted by molar-refractivity contribution is 5.55. The van der Waals surface area contributed by atoms with Crippen molar-refractivity contribution in [1.82, 2.24) is 0 Å². The topological polar surface area (TPSA) is 62.9 Å². The Balaban J connectivity index is 3.19. The third kappa shape index (κ3) is 4.17. The largest absolute Gasteiger partial charge is 0.493 e. The highest BCUT2D eigenvalue weighted by atomic mass is 16.5. The molecule has 5 nitrogen and oxygen atoms in total. The maximum Gasteiger partial charge on any atom is 0.203 e. The summed E-state index contributed by atoms with van der Waals surface area (Å²) in [6, 6.07) is 3.45. The summed E-state index contributed by atoms with van der Waals surface area (Å²) in [6.45, 7) is 8.23. The molecule has 21 heavy (non-hydrogen) atoms. The van der Waals surface area contributed by atoms with E-state index in [0.717, 1.165) is 0 Å². The van der Waals surface area contributed by atoms with Crippen molar-refractivity contribution in [3.63, 3.8) is 0 Å². The second-order valence-corrected chi connectivity index (χ2v) is 6.12. The van der Waals surface area contributed by atoms with Gasteiger partial charge in [0, 0.05) is 23.6 Å². The van der Waals surface area contributed by atoms with E-state index in [1.165, 1.54) is 0 Å². The lowest BCUT2D eigenvalue weighted by Crippen LogP contribution is -2.45. The first-order chi connectivity index (χ1) is 9.74. The Kier molecular flexibility index (Phi) is 5.72. The molecule has 0 amide bonds. The van der Waals surface area contributed by atoms with E-state index in [0.29, 0.717) is 23.0 Å². The van der Waals surface area contributed by atoms with Gasteiger partial charge in [0.2, 0.25) is 5.75 Å². The minimum absolute atomic E-state index is 0.0887. The van der Waals surface area contributed by atoms with Crippen LogP contribution in [0.1, 0.15) is 27.7 Å². The van der Waals surface area contributed by atoms with Gasteiger partial charge >= 0.3 is 0 Å². The fraction of sp³-hybridized carbons (Fsp3) is 0.625. The van der Waals surface area contributed by atoms with E-state index < -0.39 is 0 Å². The van der Waals surface area contributed by atoms with Gasteiger partial charge in [0.1, 0.15) is 11.9 Å². The van der Waals surface area contributed by atoms with Crippen LogP contribution in [-0.4, -0.2) is 33.5 Å². The van der Waals surface area contributed by atoms with E-state index in [9.17, 15) is 0 Å². The van der Waals surface area contributed by atoms with Crippen molar-refractivity contribution in [3.8, 4) is 23.0 Å². The van der Waals surface area contributed by atoms with Crippen molar-refractivity contribution in [1.29, 1.82) is 0 Å². The average molecular weight is 297 g/mol. The second-order valence-electron chi connectivity index (χ2n) is 6.12. The molecule has 5 heteroatoms. The predicted molar refractivity (Wildman–Crippen MR) is 83.6 cm³/mol. The Morgan fingerprint density at radius 3 is 1.71 bits per heavy atom. The molecule has 120 valence electrons. The van der Waals surface area contributed by atoms with Gasteiger partial charge in [0.15, 0.2) is 11.5 Å². The number of methoxy groups -OCH3 is 3. The van der Waals surface area contributed by atoms with Crippen LogP contribution < -0.4 is 24.7 Å². The van der Waals surface area contributed by atoms with Gasteiger partial charge in [0.05, 0.1) is 21.3 Å². The van der Waals surface area contributed by atoms with Gasteiger partial charge in [0.25, 0.3) is 0 Å². The molecule has 2 atom stereocenters. The zero-order valence-electron chi connectivity index (χ0n) is 14.0. The first kappa shape index (κ1) is 17.4. The summed E-state index contributed by atoms with van der Waals surface area (Å²) in [5.74, 6) is 2.30. The van der Waals surface area contributed by atoms with Crippen LogP contribution in [-0.2, 0) is 0 Å². The Labute approximate surface area is 127 Å². The van der Waals surface area contributed by atoms with Crippen LogP contribution in [0.15, 0.2) is 12.1 Å². The fourth-order valence-corrected chi connectivity index (χ4v) is 2.34. The monoisotopic (exact) mass is 297 g/mol. The maximum absolute atomic E-state index is 6.08. The van der Waals surface area contributed by atoms with Crippen LogP contribution in [0.4, 0.5) is 0 Å². The lowest BCUT2D eigenvalue weighted by atomic mass is 9.85. The minimum Gasteiger partial charge on any atom is -0.493 e. The van der Waals surface area contributed by atoms with E-state index in [2.05, 4.69) is 20.8 Å². The van der Waals surface area contributed by atoms with E-state index in [4.69, 9.17) is 24.7 Å². The molecule has 0 aliphatic carbocycles. The van der Waals surface area contributed by atoms with Crippen LogP contribution in [0.25, 0.3) is 0 Å². The van der Waals surface area contributed by atoms with Crippen LogP contribution in [0.2, 0.25) is 0 Å². The fourth-order valence-electron chi connectivity index (χ4n) is 2.34. The molecule has 0 aliphatic rings. The summed E-state index contributed by atoms with van der Waals surface area (Å²) >= 11 is 0. The number of benzene rings is 1. The quantitative estimate of drug-likeness (QED) is 0.874. The molecule has 2 N–H and O–H groups in total. The second kappa shape index (κ2) is 6.89. The van der Waals surface area contributed by atoms with Gasteiger partial charge in [-0.05, 0) is 6.92 Å². The standard InChI is InChI=1S/C16H27NO4/c1-10(17)15(16(2,3)4)21-11-8-12(18-5)14(20-7)13(9-11)19-6/h8-10,15H,17H2,1-7H3. The summed E-state index contributed by atoms with van der Waals surface area (Å²) < 4.78 is 22.0. The van der Waals surface area contributed by atoms with Crippen molar-refractivity contribution < 1.29 is 18.9 Å². The molecule has 0 spiro atoms.